The Balaban J connectivity index is 2.62. The second kappa shape index (κ2) is 2.02. The molecule has 0 saturated carbocycles. The van der Waals surface area contributed by atoms with E-state index in [2.05, 4.69) is 5.43 Å². The van der Waals surface area contributed by atoms with Crippen molar-refractivity contribution in [2.45, 2.75) is 0 Å². The van der Waals surface area contributed by atoms with Crippen LogP contribution >= 0.6 is 0 Å². The summed E-state index contributed by atoms with van der Waals surface area (Å²) in [7, 11) is 1.69. The Morgan fingerprint density at radius 1 is 1.89 bits per heavy atom. The summed E-state index contributed by atoms with van der Waals surface area (Å²) in [6.45, 7) is 1.33. The van der Waals surface area contributed by atoms with Crippen LogP contribution in [0.3, 0.4) is 0 Å². The molecule has 1 rings (SSSR count). The highest BCUT2D eigenvalue weighted by atomic mass is 16.6. The summed E-state index contributed by atoms with van der Waals surface area (Å²) in [5.74, 6) is 0. The Morgan fingerprint density at radius 3 is 2.78 bits per heavy atom. The van der Waals surface area contributed by atoms with Crippen LogP contribution in [0.25, 0.3) is 0 Å². The molecule has 0 fully saturated rings. The summed E-state index contributed by atoms with van der Waals surface area (Å²) in [4.78, 5) is 9.54. The van der Waals surface area contributed by atoms with Crippen molar-refractivity contribution >= 4 is 0 Å². The van der Waals surface area contributed by atoms with Crippen LogP contribution in [0.4, 0.5) is 0 Å². The monoisotopic (exact) mass is 128 g/mol. The summed E-state index contributed by atoms with van der Waals surface area (Å²) in [6.07, 6.45) is 1.40. The minimum absolute atomic E-state index is 0.0810. The highest BCUT2D eigenvalue weighted by molar-refractivity contribution is 5.06. The molecule has 1 N–H and O–H groups in total. The molecule has 0 aromatic heterocycles. The fourth-order valence-electron chi connectivity index (χ4n) is 0.541. The van der Waals surface area contributed by atoms with Crippen LogP contribution in [0.15, 0.2) is 11.9 Å². The zero-order valence-corrected chi connectivity index (χ0v) is 4.87. The maximum absolute atomic E-state index is 9.99. The molecule has 0 aliphatic carbocycles. The lowest BCUT2D eigenvalue weighted by Crippen LogP contribution is -2.20. The van der Waals surface area contributed by atoms with Gasteiger partial charge in [-0.05, 0) is 0 Å². The number of hydrazine groups is 1. The van der Waals surface area contributed by atoms with Crippen LogP contribution in [0.1, 0.15) is 0 Å². The van der Waals surface area contributed by atoms with E-state index in [0.717, 1.165) is 0 Å². The van der Waals surface area contributed by atoms with E-state index in [-0.39, 0.29) is 5.70 Å². The number of nitrogens with one attached hydrogen (secondary N) is 1. The van der Waals surface area contributed by atoms with Crippen LogP contribution in [0.5, 0.6) is 0 Å². The van der Waals surface area contributed by atoms with E-state index < -0.39 is 4.92 Å². The van der Waals surface area contributed by atoms with Crippen LogP contribution in [-0.4, -0.2) is 17.0 Å². The van der Waals surface area contributed by atoms with Crippen molar-refractivity contribution in [2.75, 3.05) is 7.05 Å². The van der Waals surface area contributed by atoms with Gasteiger partial charge in [-0.3, -0.25) is 10.1 Å². The van der Waals surface area contributed by atoms with E-state index in [9.17, 15) is 10.1 Å². The third-order valence-corrected chi connectivity index (χ3v) is 0.953. The van der Waals surface area contributed by atoms with Gasteiger partial charge in [0.2, 0.25) is 0 Å². The summed E-state index contributed by atoms with van der Waals surface area (Å²) >= 11 is 0. The molecule has 5 heteroatoms. The number of hydrogen-bond donors (Lipinski definition) is 1. The molecule has 0 unspecified atom stereocenters. The van der Waals surface area contributed by atoms with Crippen LogP contribution in [0.2, 0.25) is 0 Å². The molecule has 0 amide bonds. The Hall–Kier alpha value is -1.10. The van der Waals surface area contributed by atoms with Crippen LogP contribution in [0, 0.1) is 16.7 Å². The second-order valence-corrected chi connectivity index (χ2v) is 1.70. The van der Waals surface area contributed by atoms with Gasteiger partial charge in [-0.1, -0.05) is 0 Å². The molecular weight excluding hydrogens is 122 g/mol. The van der Waals surface area contributed by atoms with Crippen molar-refractivity contribution in [2.24, 2.45) is 0 Å². The van der Waals surface area contributed by atoms with Crippen molar-refractivity contribution in [3.8, 4) is 0 Å². The number of nitrogens with zero attached hydrogens (tertiary/aromatic N) is 2. The van der Waals surface area contributed by atoms with Gasteiger partial charge in [0.15, 0.2) is 0 Å². The maximum Gasteiger partial charge on any atom is 0.284 e. The lowest BCUT2D eigenvalue weighted by Gasteiger charge is -2.02. The summed E-state index contributed by atoms with van der Waals surface area (Å²) in [5.41, 5.74) is 2.71. The molecule has 9 heavy (non-hydrogen) atoms. The van der Waals surface area contributed by atoms with E-state index in [1.807, 2.05) is 0 Å². The average molecular weight is 128 g/mol. The van der Waals surface area contributed by atoms with Gasteiger partial charge in [0.05, 0.1) is 11.1 Å². The molecule has 0 aromatic carbocycles. The fraction of sp³-hybridized carbons (Fsp3) is 0.250. The van der Waals surface area contributed by atoms with Gasteiger partial charge in [-0.15, -0.1) is 0 Å². The predicted octanol–water partition coefficient (Wildman–Crippen LogP) is -0.284. The fourth-order valence-corrected chi connectivity index (χ4v) is 0.541. The summed E-state index contributed by atoms with van der Waals surface area (Å²) in [5, 5.41) is 11.5. The molecule has 49 valence electrons. The second-order valence-electron chi connectivity index (χ2n) is 1.70. The van der Waals surface area contributed by atoms with E-state index in [1.165, 1.54) is 17.8 Å². The Bertz CT molecular complexity index is 165. The smallest absolute Gasteiger partial charge is 0.284 e. The Morgan fingerprint density at radius 2 is 2.56 bits per heavy atom. The van der Waals surface area contributed by atoms with E-state index in [4.69, 9.17) is 0 Å². The number of hydrogen-bond acceptors (Lipinski definition) is 4. The highest BCUT2D eigenvalue weighted by Crippen LogP contribution is 2.05. The SMILES string of the molecule is CN1C=C([N+](=O)[O-])[CH]N1. The first-order chi connectivity index (χ1) is 4.20. The van der Waals surface area contributed by atoms with Gasteiger partial charge in [0, 0.05) is 7.05 Å². The molecule has 1 heterocycles. The standard InChI is InChI=1S/C4H6N3O2/c1-6-3-4(2-5-6)7(8)9/h2-3,5H,1H3. The zero-order valence-electron chi connectivity index (χ0n) is 4.87. The van der Waals surface area contributed by atoms with Gasteiger partial charge >= 0.3 is 0 Å². The largest absolute Gasteiger partial charge is 0.311 e. The van der Waals surface area contributed by atoms with Gasteiger partial charge in [0.25, 0.3) is 5.70 Å². The average Bonchev–Trinajstić information content (AvgIpc) is 2.14. The quantitative estimate of drug-likeness (QED) is 0.389. The molecule has 1 aliphatic heterocycles. The van der Waals surface area contributed by atoms with Gasteiger partial charge in [-0.25, -0.2) is 5.43 Å². The normalized spacial score (nSPS) is 17.9. The molecule has 0 bridgehead atoms. The molecule has 0 atom stereocenters. The number of nitro groups is 1. The summed E-state index contributed by atoms with van der Waals surface area (Å²) < 4.78 is 0. The van der Waals surface area contributed by atoms with Crippen LogP contribution < -0.4 is 5.43 Å². The zero-order chi connectivity index (χ0) is 6.85. The first-order valence-electron chi connectivity index (χ1n) is 2.38. The Labute approximate surface area is 52.1 Å². The van der Waals surface area contributed by atoms with Crippen LogP contribution in [-0.2, 0) is 0 Å². The van der Waals surface area contributed by atoms with Crippen molar-refractivity contribution in [1.29, 1.82) is 0 Å². The molecule has 1 aliphatic rings. The maximum atomic E-state index is 9.99. The molecule has 0 spiro atoms. The van der Waals surface area contributed by atoms with Crippen molar-refractivity contribution < 1.29 is 4.92 Å². The van der Waals surface area contributed by atoms with Crippen molar-refractivity contribution in [3.63, 3.8) is 0 Å². The minimum atomic E-state index is -0.448. The van der Waals surface area contributed by atoms with Gasteiger partial charge < -0.3 is 5.01 Å². The Kier molecular flexibility index (Phi) is 1.35. The third kappa shape index (κ3) is 1.17. The van der Waals surface area contributed by atoms with Crippen molar-refractivity contribution in [1.82, 2.24) is 10.4 Å². The highest BCUT2D eigenvalue weighted by Gasteiger charge is 2.18. The summed E-state index contributed by atoms with van der Waals surface area (Å²) in [6, 6.07) is 0. The minimum Gasteiger partial charge on any atom is -0.311 e. The first-order valence-corrected chi connectivity index (χ1v) is 2.38. The van der Waals surface area contributed by atoms with Gasteiger partial charge in [-0.2, -0.15) is 0 Å². The van der Waals surface area contributed by atoms with E-state index in [0.29, 0.717) is 0 Å². The molecule has 0 aromatic rings. The molecule has 0 saturated heterocycles. The lowest BCUT2D eigenvalue weighted by atomic mass is 10.5. The molecule has 1 radical (unpaired) electrons. The van der Waals surface area contributed by atoms with E-state index >= 15 is 0 Å². The van der Waals surface area contributed by atoms with Crippen molar-refractivity contribution in [3.05, 3.63) is 28.6 Å². The van der Waals surface area contributed by atoms with Gasteiger partial charge in [0.1, 0.15) is 6.54 Å². The molecular formula is C4H6N3O2. The third-order valence-electron chi connectivity index (χ3n) is 0.953. The predicted molar refractivity (Wildman–Crippen MR) is 30.3 cm³/mol. The first kappa shape index (κ1) is 6.03. The lowest BCUT2D eigenvalue weighted by molar-refractivity contribution is -0.421. The molecule has 5 nitrogen and oxygen atoms in total. The van der Waals surface area contributed by atoms with E-state index in [1.54, 1.807) is 7.05 Å². The topological polar surface area (TPSA) is 58.4 Å². The number of rotatable bonds is 1.